The molecule has 0 amide bonds. The number of hydrogen-bond acceptors (Lipinski definition) is 4. The summed E-state index contributed by atoms with van der Waals surface area (Å²) in [5.41, 5.74) is 0.962. The molecule has 0 fully saturated rings. The van der Waals surface area contributed by atoms with Gasteiger partial charge in [0.2, 0.25) is 0 Å². The molecule has 26 heavy (non-hydrogen) atoms. The van der Waals surface area contributed by atoms with E-state index in [1.807, 2.05) is 0 Å². The first-order chi connectivity index (χ1) is 12.2. The summed E-state index contributed by atoms with van der Waals surface area (Å²) < 4.78 is 50.6. The Bertz CT molecular complexity index is 786. The minimum absolute atomic E-state index is 0.189. The van der Waals surface area contributed by atoms with Crippen molar-refractivity contribution in [2.75, 3.05) is 24.9 Å². The van der Waals surface area contributed by atoms with Crippen LogP contribution >= 0.6 is 23.8 Å². The number of nitrogens with one attached hydrogen (secondary N) is 2. The van der Waals surface area contributed by atoms with E-state index in [1.54, 1.807) is 12.1 Å². The third-order valence-corrected chi connectivity index (χ3v) is 3.57. The average molecular weight is 407 g/mol. The second-order valence-electron chi connectivity index (χ2n) is 4.84. The van der Waals surface area contributed by atoms with Gasteiger partial charge in [0.15, 0.2) is 5.11 Å². The molecule has 2 aromatic carbocycles. The summed E-state index contributed by atoms with van der Waals surface area (Å²) in [4.78, 5) is 0. The van der Waals surface area contributed by atoms with Gasteiger partial charge >= 0.3 is 6.36 Å². The van der Waals surface area contributed by atoms with Crippen LogP contribution in [0.15, 0.2) is 36.4 Å². The van der Waals surface area contributed by atoms with Crippen LogP contribution in [0.1, 0.15) is 0 Å². The quantitative estimate of drug-likeness (QED) is 0.676. The van der Waals surface area contributed by atoms with Crippen molar-refractivity contribution >= 4 is 40.3 Å². The molecule has 0 aromatic heterocycles. The van der Waals surface area contributed by atoms with E-state index in [-0.39, 0.29) is 10.9 Å². The van der Waals surface area contributed by atoms with Crippen molar-refractivity contribution in [2.24, 2.45) is 0 Å². The molecule has 2 N–H and O–H groups in total. The Labute approximate surface area is 158 Å². The highest BCUT2D eigenvalue weighted by Crippen LogP contribution is 2.36. The molecule has 0 saturated carbocycles. The van der Waals surface area contributed by atoms with Gasteiger partial charge < -0.3 is 24.8 Å². The summed E-state index contributed by atoms with van der Waals surface area (Å²) in [5.74, 6) is 0.558. The number of halogens is 4. The Balaban J connectivity index is 2.06. The normalized spacial score (nSPS) is 10.8. The van der Waals surface area contributed by atoms with E-state index in [4.69, 9.17) is 33.3 Å². The summed E-state index contributed by atoms with van der Waals surface area (Å²) in [6.07, 6.45) is -4.74. The first kappa shape index (κ1) is 19.9. The number of anilines is 2. The Hall–Kier alpha value is -2.39. The molecule has 0 heterocycles. The second kappa shape index (κ2) is 8.33. The fraction of sp³-hybridized carbons (Fsp3) is 0.188. The number of hydrogen-bond donors (Lipinski definition) is 2. The van der Waals surface area contributed by atoms with Gasteiger partial charge in [-0.2, -0.15) is 0 Å². The molecular formula is C16H14ClF3N2O3S. The van der Waals surface area contributed by atoms with Crippen LogP contribution in [-0.4, -0.2) is 25.7 Å². The molecular weight excluding hydrogens is 393 g/mol. The molecule has 0 unspecified atom stereocenters. The van der Waals surface area contributed by atoms with Gasteiger partial charge in [0.05, 0.1) is 24.9 Å². The summed E-state index contributed by atoms with van der Waals surface area (Å²) in [5, 5.41) is 6.28. The predicted molar refractivity (Wildman–Crippen MR) is 97.5 cm³/mol. The fourth-order valence-electron chi connectivity index (χ4n) is 1.98. The Morgan fingerprint density at radius 1 is 1.00 bits per heavy atom. The first-order valence-electron chi connectivity index (χ1n) is 7.07. The smallest absolute Gasteiger partial charge is 0.495 e. The van der Waals surface area contributed by atoms with Gasteiger partial charge in [0, 0.05) is 11.8 Å². The highest BCUT2D eigenvalue weighted by atomic mass is 35.5. The maximum atomic E-state index is 12.2. The van der Waals surface area contributed by atoms with Crippen molar-refractivity contribution < 1.29 is 27.4 Å². The van der Waals surface area contributed by atoms with E-state index in [0.29, 0.717) is 27.9 Å². The predicted octanol–water partition coefficient (Wildman–Crippen LogP) is 5.06. The van der Waals surface area contributed by atoms with Gasteiger partial charge in [-0.25, -0.2) is 0 Å². The van der Waals surface area contributed by atoms with Crippen molar-refractivity contribution in [3.05, 3.63) is 41.4 Å². The number of rotatable bonds is 5. The standard InChI is InChI=1S/C16H14ClF3N2O3S/c1-23-13-8-14(24-2)12(7-11(13)17)22-15(26)21-9-3-5-10(6-4-9)25-16(18,19)20/h3-8H,1-2H3,(H2,21,22,26). The van der Waals surface area contributed by atoms with Crippen LogP contribution in [0.25, 0.3) is 0 Å². The van der Waals surface area contributed by atoms with Crippen molar-refractivity contribution in [2.45, 2.75) is 6.36 Å². The monoisotopic (exact) mass is 406 g/mol. The molecule has 0 bridgehead atoms. The van der Waals surface area contributed by atoms with Gasteiger partial charge in [-0.15, -0.1) is 13.2 Å². The number of thiocarbonyl (C=S) groups is 1. The Morgan fingerprint density at radius 3 is 2.15 bits per heavy atom. The van der Waals surface area contributed by atoms with Gasteiger partial charge in [-0.05, 0) is 42.5 Å². The molecule has 0 aliphatic heterocycles. The fourth-order valence-corrected chi connectivity index (χ4v) is 2.45. The van der Waals surface area contributed by atoms with Gasteiger partial charge in [-0.1, -0.05) is 11.6 Å². The lowest BCUT2D eigenvalue weighted by Crippen LogP contribution is -2.20. The highest BCUT2D eigenvalue weighted by molar-refractivity contribution is 7.80. The van der Waals surface area contributed by atoms with E-state index < -0.39 is 6.36 Å². The molecule has 0 spiro atoms. The van der Waals surface area contributed by atoms with Crippen LogP contribution in [0.2, 0.25) is 5.02 Å². The van der Waals surface area contributed by atoms with Crippen molar-refractivity contribution in [3.63, 3.8) is 0 Å². The van der Waals surface area contributed by atoms with E-state index in [9.17, 15) is 13.2 Å². The maximum absolute atomic E-state index is 12.2. The second-order valence-corrected chi connectivity index (χ2v) is 5.65. The van der Waals surface area contributed by atoms with Crippen LogP contribution in [0.3, 0.4) is 0 Å². The molecule has 5 nitrogen and oxygen atoms in total. The first-order valence-corrected chi connectivity index (χ1v) is 7.86. The van der Waals surface area contributed by atoms with Crippen LogP contribution < -0.4 is 24.8 Å². The van der Waals surface area contributed by atoms with Crippen molar-refractivity contribution in [1.29, 1.82) is 0 Å². The molecule has 2 aromatic rings. The number of methoxy groups -OCH3 is 2. The SMILES string of the molecule is COc1cc(OC)c(NC(=S)Nc2ccc(OC(F)(F)F)cc2)cc1Cl. The minimum Gasteiger partial charge on any atom is -0.495 e. The van der Waals surface area contributed by atoms with Crippen LogP contribution in [0.5, 0.6) is 17.2 Å². The van der Waals surface area contributed by atoms with E-state index >= 15 is 0 Å². The maximum Gasteiger partial charge on any atom is 0.573 e. The van der Waals surface area contributed by atoms with E-state index in [2.05, 4.69) is 15.4 Å². The topological polar surface area (TPSA) is 51.8 Å². The zero-order valence-corrected chi connectivity index (χ0v) is 15.2. The van der Waals surface area contributed by atoms with Gasteiger partial charge in [0.1, 0.15) is 17.2 Å². The zero-order valence-electron chi connectivity index (χ0n) is 13.6. The molecule has 0 saturated heterocycles. The number of benzene rings is 2. The average Bonchev–Trinajstić information content (AvgIpc) is 2.55. The third-order valence-electron chi connectivity index (χ3n) is 3.07. The molecule has 0 aliphatic carbocycles. The summed E-state index contributed by atoms with van der Waals surface area (Å²) in [7, 11) is 2.95. The van der Waals surface area contributed by atoms with Crippen LogP contribution in [0, 0.1) is 0 Å². The number of ether oxygens (including phenoxy) is 3. The lowest BCUT2D eigenvalue weighted by atomic mass is 10.2. The summed E-state index contributed by atoms with van der Waals surface area (Å²) >= 11 is 11.3. The molecule has 0 radical (unpaired) electrons. The van der Waals surface area contributed by atoms with Gasteiger partial charge in [0.25, 0.3) is 0 Å². The van der Waals surface area contributed by atoms with Gasteiger partial charge in [-0.3, -0.25) is 0 Å². The molecule has 0 aliphatic rings. The summed E-state index contributed by atoms with van der Waals surface area (Å²) in [6, 6.07) is 8.30. The van der Waals surface area contributed by atoms with Crippen molar-refractivity contribution in [3.8, 4) is 17.2 Å². The lowest BCUT2D eigenvalue weighted by molar-refractivity contribution is -0.274. The highest BCUT2D eigenvalue weighted by Gasteiger charge is 2.30. The number of alkyl halides is 3. The molecule has 0 atom stereocenters. The summed E-state index contributed by atoms with van der Waals surface area (Å²) in [6.45, 7) is 0. The molecule has 2 rings (SSSR count). The van der Waals surface area contributed by atoms with Crippen molar-refractivity contribution in [1.82, 2.24) is 0 Å². The van der Waals surface area contributed by atoms with E-state index in [0.717, 1.165) is 0 Å². The lowest BCUT2D eigenvalue weighted by Gasteiger charge is -2.15. The molecule has 10 heteroatoms. The van der Waals surface area contributed by atoms with E-state index in [1.165, 1.54) is 38.5 Å². The minimum atomic E-state index is -4.74. The van der Waals surface area contributed by atoms with Crippen LogP contribution in [0.4, 0.5) is 24.5 Å². The largest absolute Gasteiger partial charge is 0.573 e. The van der Waals surface area contributed by atoms with Crippen LogP contribution in [-0.2, 0) is 0 Å². The Kier molecular flexibility index (Phi) is 6.38. The Morgan fingerprint density at radius 2 is 1.62 bits per heavy atom. The third kappa shape index (κ3) is 5.57. The zero-order chi connectivity index (χ0) is 19.3. The molecule has 140 valence electrons.